The van der Waals surface area contributed by atoms with Gasteiger partial charge in [-0.3, -0.25) is 9.69 Å². The molecule has 1 atom stereocenters. The third-order valence-corrected chi connectivity index (χ3v) is 7.27. The number of rotatable bonds is 10. The van der Waals surface area contributed by atoms with Crippen LogP contribution in [0.1, 0.15) is 18.4 Å². The molecule has 1 aromatic heterocycles. The van der Waals surface area contributed by atoms with Gasteiger partial charge in [0.1, 0.15) is 0 Å². The molecule has 0 bridgehead atoms. The maximum absolute atomic E-state index is 12.4. The van der Waals surface area contributed by atoms with E-state index in [0.717, 1.165) is 48.6 Å². The first-order chi connectivity index (χ1) is 17.5. The zero-order chi connectivity index (χ0) is 25.3. The van der Waals surface area contributed by atoms with Crippen LogP contribution in [-0.4, -0.2) is 60.4 Å². The molecular weight excluding hydrogens is 496 g/mol. The number of amides is 1. The molecule has 2 aromatic carbocycles. The monoisotopic (exact) mass is 526 g/mol. The van der Waals surface area contributed by atoms with Crippen LogP contribution >= 0.6 is 23.4 Å². The number of hydrogen-bond donors (Lipinski definition) is 1. The predicted molar refractivity (Wildman–Crippen MR) is 144 cm³/mol. The zero-order valence-electron chi connectivity index (χ0n) is 20.6. The lowest BCUT2D eigenvalue weighted by atomic mass is 9.97. The highest BCUT2D eigenvalue weighted by Gasteiger charge is 2.20. The number of carbonyl (C=O) groups excluding carboxylic acids is 1. The summed E-state index contributed by atoms with van der Waals surface area (Å²) in [7, 11) is 3.21. The highest BCUT2D eigenvalue weighted by atomic mass is 35.5. The molecule has 1 saturated heterocycles. The Morgan fingerprint density at radius 3 is 2.67 bits per heavy atom. The molecular formula is C27H31ClN4O3S. The molecule has 7 nitrogen and oxygen atoms in total. The third-order valence-electron chi connectivity index (χ3n) is 6.16. The average Bonchev–Trinajstić information content (AvgIpc) is 2.91. The van der Waals surface area contributed by atoms with Crippen molar-refractivity contribution in [1.29, 1.82) is 0 Å². The van der Waals surface area contributed by atoms with Crippen molar-refractivity contribution in [3.8, 4) is 22.6 Å². The van der Waals surface area contributed by atoms with Crippen molar-refractivity contribution in [3.63, 3.8) is 0 Å². The Bertz CT molecular complexity index is 1160. The van der Waals surface area contributed by atoms with Gasteiger partial charge in [-0.15, -0.1) is 0 Å². The van der Waals surface area contributed by atoms with Crippen LogP contribution < -0.4 is 14.8 Å². The number of thioether (sulfide) groups is 1. The molecule has 1 aliphatic rings. The second kappa shape index (κ2) is 12.9. The summed E-state index contributed by atoms with van der Waals surface area (Å²) in [6.07, 6.45) is 5.77. The van der Waals surface area contributed by atoms with Crippen LogP contribution in [0.5, 0.6) is 11.5 Å². The summed E-state index contributed by atoms with van der Waals surface area (Å²) in [4.78, 5) is 23.7. The van der Waals surface area contributed by atoms with E-state index in [1.807, 2.05) is 36.4 Å². The number of hydrogen-bond acceptors (Lipinski definition) is 7. The first-order valence-corrected chi connectivity index (χ1v) is 13.3. The number of aromatic nitrogens is 2. The van der Waals surface area contributed by atoms with Crippen LogP contribution in [0.3, 0.4) is 0 Å². The fraction of sp³-hybridized carbons (Fsp3) is 0.370. The molecule has 1 unspecified atom stereocenters. The van der Waals surface area contributed by atoms with Gasteiger partial charge in [0.15, 0.2) is 16.7 Å². The van der Waals surface area contributed by atoms with E-state index in [1.165, 1.54) is 17.3 Å². The lowest BCUT2D eigenvalue weighted by Crippen LogP contribution is -2.40. The third kappa shape index (κ3) is 7.35. The van der Waals surface area contributed by atoms with Crippen LogP contribution in [0.2, 0.25) is 5.02 Å². The topological polar surface area (TPSA) is 76.6 Å². The number of likely N-dealkylation sites (tertiary alicyclic amines) is 1. The van der Waals surface area contributed by atoms with Gasteiger partial charge in [0, 0.05) is 42.6 Å². The SMILES string of the molecule is COc1ccc(-c2cnc(SCC(=O)NCC3CCCN(Cc4cccc(Cl)c4)C3)nc2)cc1OC. The van der Waals surface area contributed by atoms with Gasteiger partial charge < -0.3 is 14.8 Å². The number of benzene rings is 2. The molecule has 4 rings (SSSR count). The van der Waals surface area contributed by atoms with Crippen LogP contribution in [0, 0.1) is 5.92 Å². The number of nitrogens with zero attached hydrogens (tertiary/aromatic N) is 3. The minimum Gasteiger partial charge on any atom is -0.493 e. The maximum atomic E-state index is 12.4. The van der Waals surface area contributed by atoms with E-state index in [9.17, 15) is 4.79 Å². The van der Waals surface area contributed by atoms with E-state index >= 15 is 0 Å². The van der Waals surface area contributed by atoms with Crippen molar-refractivity contribution < 1.29 is 14.3 Å². The Morgan fingerprint density at radius 1 is 1.11 bits per heavy atom. The molecule has 9 heteroatoms. The zero-order valence-corrected chi connectivity index (χ0v) is 22.1. The molecule has 1 aliphatic heterocycles. The number of ether oxygens (including phenoxy) is 2. The number of nitrogens with one attached hydrogen (secondary N) is 1. The largest absolute Gasteiger partial charge is 0.493 e. The van der Waals surface area contributed by atoms with Gasteiger partial charge in [-0.2, -0.15) is 0 Å². The van der Waals surface area contributed by atoms with Crippen molar-refractivity contribution in [2.75, 3.05) is 39.6 Å². The highest BCUT2D eigenvalue weighted by Crippen LogP contribution is 2.32. The van der Waals surface area contributed by atoms with Crippen LogP contribution in [0.25, 0.3) is 11.1 Å². The predicted octanol–water partition coefficient (Wildman–Crippen LogP) is 4.93. The number of methoxy groups -OCH3 is 2. The fourth-order valence-electron chi connectivity index (χ4n) is 4.35. The minimum atomic E-state index is -0.000433. The minimum absolute atomic E-state index is 0.000433. The van der Waals surface area contributed by atoms with Crippen molar-refractivity contribution in [3.05, 3.63) is 65.4 Å². The van der Waals surface area contributed by atoms with Gasteiger partial charge in [0.25, 0.3) is 0 Å². The van der Waals surface area contributed by atoms with Gasteiger partial charge in [-0.05, 0) is 60.7 Å². The fourth-order valence-corrected chi connectivity index (χ4v) is 5.18. The molecule has 1 amide bonds. The molecule has 1 N–H and O–H groups in total. The van der Waals surface area contributed by atoms with Gasteiger partial charge in [0.2, 0.25) is 5.91 Å². The average molecular weight is 527 g/mol. The summed E-state index contributed by atoms with van der Waals surface area (Å²) >= 11 is 7.46. The summed E-state index contributed by atoms with van der Waals surface area (Å²) in [5.74, 6) is 2.05. The summed E-state index contributed by atoms with van der Waals surface area (Å²) in [5.41, 5.74) is 3.02. The summed E-state index contributed by atoms with van der Waals surface area (Å²) in [6.45, 7) is 3.62. The summed E-state index contributed by atoms with van der Waals surface area (Å²) in [6, 6.07) is 13.7. The normalized spacial score (nSPS) is 15.9. The van der Waals surface area contributed by atoms with E-state index in [2.05, 4.69) is 26.3 Å². The maximum Gasteiger partial charge on any atom is 0.230 e. The Morgan fingerprint density at radius 2 is 1.92 bits per heavy atom. The first-order valence-electron chi connectivity index (χ1n) is 11.9. The molecule has 36 heavy (non-hydrogen) atoms. The smallest absolute Gasteiger partial charge is 0.230 e. The van der Waals surface area contributed by atoms with E-state index < -0.39 is 0 Å². The van der Waals surface area contributed by atoms with Crippen molar-refractivity contribution in [1.82, 2.24) is 20.2 Å². The van der Waals surface area contributed by atoms with Crippen LogP contribution in [0.15, 0.2) is 60.0 Å². The summed E-state index contributed by atoms with van der Waals surface area (Å²) < 4.78 is 10.7. The highest BCUT2D eigenvalue weighted by molar-refractivity contribution is 7.99. The van der Waals surface area contributed by atoms with E-state index in [1.54, 1.807) is 26.6 Å². The molecule has 2 heterocycles. The Hall–Kier alpha value is -2.81. The Labute approximate surface area is 221 Å². The van der Waals surface area contributed by atoms with Crippen molar-refractivity contribution in [2.45, 2.75) is 24.5 Å². The van der Waals surface area contributed by atoms with E-state index in [4.69, 9.17) is 21.1 Å². The molecule has 1 fully saturated rings. The lowest BCUT2D eigenvalue weighted by Gasteiger charge is -2.32. The second-order valence-electron chi connectivity index (χ2n) is 8.79. The van der Waals surface area contributed by atoms with Gasteiger partial charge in [0.05, 0.1) is 20.0 Å². The van der Waals surface area contributed by atoms with Crippen molar-refractivity contribution >= 4 is 29.3 Å². The number of halogens is 1. The summed E-state index contributed by atoms with van der Waals surface area (Å²) in [5, 5.41) is 4.43. The number of carbonyl (C=O) groups is 1. The Kier molecular flexibility index (Phi) is 9.44. The van der Waals surface area contributed by atoms with Gasteiger partial charge in [-0.1, -0.05) is 41.6 Å². The standard InChI is InChI=1S/C27H31ClN4O3S/c1-34-24-9-8-21(12-25(24)35-2)22-14-30-27(31-15-22)36-18-26(33)29-13-20-6-4-10-32(17-20)16-19-5-3-7-23(28)11-19/h3,5,7-9,11-12,14-15,20H,4,6,10,13,16-18H2,1-2H3,(H,29,33). The molecule has 0 radical (unpaired) electrons. The van der Waals surface area contributed by atoms with Crippen LogP contribution in [-0.2, 0) is 11.3 Å². The van der Waals surface area contributed by atoms with Gasteiger partial charge >= 0.3 is 0 Å². The molecule has 0 spiro atoms. The second-order valence-corrected chi connectivity index (χ2v) is 10.2. The quantitative estimate of drug-likeness (QED) is 0.296. The first kappa shape index (κ1) is 26.3. The Balaban J connectivity index is 1.22. The number of piperidine rings is 1. The van der Waals surface area contributed by atoms with Gasteiger partial charge in [-0.25, -0.2) is 9.97 Å². The van der Waals surface area contributed by atoms with Crippen LogP contribution in [0.4, 0.5) is 0 Å². The molecule has 190 valence electrons. The molecule has 3 aromatic rings. The van der Waals surface area contributed by atoms with Crippen molar-refractivity contribution in [2.24, 2.45) is 5.92 Å². The molecule has 0 aliphatic carbocycles. The molecule has 0 saturated carbocycles. The lowest BCUT2D eigenvalue weighted by molar-refractivity contribution is -0.118. The van der Waals surface area contributed by atoms with E-state index in [-0.39, 0.29) is 11.7 Å². The van der Waals surface area contributed by atoms with E-state index in [0.29, 0.717) is 29.1 Å².